The highest BCUT2D eigenvalue weighted by Crippen LogP contribution is 2.34. The van der Waals surface area contributed by atoms with Crippen LogP contribution in [0.5, 0.6) is 0 Å². The minimum Gasteiger partial charge on any atom is -0.346 e. The Balaban J connectivity index is 2.99. The molecule has 0 aliphatic carbocycles. The maximum Gasteiger partial charge on any atom is 0.0527 e. The minimum absolute atomic E-state index is 0.0212. The number of nitrogens with zero attached hydrogens (tertiary/aromatic N) is 1. The fraction of sp³-hybridized carbons (Fsp3) is 0.385. The molecule has 0 fully saturated rings. The van der Waals surface area contributed by atoms with E-state index in [0.717, 1.165) is 16.1 Å². The molecule has 0 saturated heterocycles. The number of rotatable bonds is 1. The van der Waals surface area contributed by atoms with Gasteiger partial charge in [-0.05, 0) is 38.0 Å². The van der Waals surface area contributed by atoms with Gasteiger partial charge in [0.15, 0.2) is 0 Å². The number of halogens is 1. The van der Waals surface area contributed by atoms with Crippen molar-refractivity contribution in [1.82, 2.24) is 4.57 Å². The summed E-state index contributed by atoms with van der Waals surface area (Å²) in [5.74, 6) is 0. The molecule has 0 bridgehead atoms. The Hall–Kier alpha value is -0.990. The second-order valence-electron chi connectivity index (χ2n) is 4.45. The third-order valence-electron chi connectivity index (χ3n) is 3.22. The van der Waals surface area contributed by atoms with Crippen molar-refractivity contribution in [1.29, 1.82) is 0 Å². The standard InChI is InChI=1S/C13H17ClN2/c1-7-5-6-10(14)11-8(2)13(9(3)15)16(4)12(7)11/h5-6,9H,15H2,1-4H3. The number of hydrogen-bond donors (Lipinski definition) is 1. The Labute approximate surface area is 101 Å². The van der Waals surface area contributed by atoms with Crippen molar-refractivity contribution >= 4 is 22.5 Å². The van der Waals surface area contributed by atoms with Crippen molar-refractivity contribution in [3.8, 4) is 0 Å². The van der Waals surface area contributed by atoms with Crippen LogP contribution >= 0.6 is 11.6 Å². The van der Waals surface area contributed by atoms with Gasteiger partial charge in [-0.25, -0.2) is 0 Å². The zero-order valence-electron chi connectivity index (χ0n) is 10.1. The van der Waals surface area contributed by atoms with Crippen LogP contribution in [0.2, 0.25) is 5.02 Å². The second-order valence-corrected chi connectivity index (χ2v) is 4.85. The third kappa shape index (κ3) is 1.45. The number of hydrogen-bond acceptors (Lipinski definition) is 1. The molecule has 2 N–H and O–H groups in total. The molecule has 2 rings (SSSR count). The van der Waals surface area contributed by atoms with E-state index >= 15 is 0 Å². The van der Waals surface area contributed by atoms with Crippen LogP contribution in [0, 0.1) is 13.8 Å². The Morgan fingerprint density at radius 1 is 1.31 bits per heavy atom. The van der Waals surface area contributed by atoms with Gasteiger partial charge in [-0.1, -0.05) is 17.7 Å². The van der Waals surface area contributed by atoms with Crippen molar-refractivity contribution in [2.45, 2.75) is 26.8 Å². The maximum absolute atomic E-state index is 6.27. The van der Waals surface area contributed by atoms with Crippen LogP contribution in [0.3, 0.4) is 0 Å². The van der Waals surface area contributed by atoms with Gasteiger partial charge in [0.25, 0.3) is 0 Å². The number of benzene rings is 1. The summed E-state index contributed by atoms with van der Waals surface area (Å²) in [5.41, 5.74) is 10.8. The van der Waals surface area contributed by atoms with Crippen LogP contribution in [0.1, 0.15) is 29.8 Å². The summed E-state index contributed by atoms with van der Waals surface area (Å²) in [5, 5.41) is 1.94. The van der Waals surface area contributed by atoms with Crippen molar-refractivity contribution in [2.75, 3.05) is 0 Å². The van der Waals surface area contributed by atoms with E-state index in [9.17, 15) is 0 Å². The first-order valence-corrected chi connectivity index (χ1v) is 5.82. The second kappa shape index (κ2) is 3.79. The molecule has 1 atom stereocenters. The Kier molecular flexibility index (Phi) is 2.72. The summed E-state index contributed by atoms with van der Waals surface area (Å²) in [7, 11) is 2.05. The molecule has 16 heavy (non-hydrogen) atoms. The largest absolute Gasteiger partial charge is 0.346 e. The zero-order chi connectivity index (χ0) is 12.0. The third-order valence-corrected chi connectivity index (χ3v) is 3.53. The molecule has 1 aromatic heterocycles. The van der Waals surface area contributed by atoms with E-state index in [4.69, 9.17) is 17.3 Å². The topological polar surface area (TPSA) is 30.9 Å². The van der Waals surface area contributed by atoms with Gasteiger partial charge >= 0.3 is 0 Å². The van der Waals surface area contributed by atoms with Crippen LogP contribution in [0.4, 0.5) is 0 Å². The van der Waals surface area contributed by atoms with Gasteiger partial charge in [0, 0.05) is 24.2 Å². The molecular formula is C13H17ClN2. The molecule has 0 radical (unpaired) electrons. The van der Waals surface area contributed by atoms with Gasteiger partial charge in [0.05, 0.1) is 10.5 Å². The Morgan fingerprint density at radius 2 is 1.94 bits per heavy atom. The minimum atomic E-state index is 0.0212. The summed E-state index contributed by atoms with van der Waals surface area (Å²) in [4.78, 5) is 0. The van der Waals surface area contributed by atoms with Crippen LogP contribution in [0.25, 0.3) is 10.9 Å². The van der Waals surface area contributed by atoms with E-state index < -0.39 is 0 Å². The average Bonchev–Trinajstić information content (AvgIpc) is 2.46. The molecule has 1 unspecified atom stereocenters. The van der Waals surface area contributed by atoms with Gasteiger partial charge in [-0.2, -0.15) is 0 Å². The first-order valence-electron chi connectivity index (χ1n) is 5.44. The molecule has 0 aliphatic heterocycles. The lowest BCUT2D eigenvalue weighted by atomic mass is 10.1. The lowest BCUT2D eigenvalue weighted by Gasteiger charge is -2.09. The number of nitrogens with two attached hydrogens (primary N) is 1. The summed E-state index contributed by atoms with van der Waals surface area (Å²) in [6, 6.07) is 4.03. The van der Waals surface area contributed by atoms with Crippen LogP contribution < -0.4 is 5.73 Å². The summed E-state index contributed by atoms with van der Waals surface area (Å²) < 4.78 is 2.16. The molecule has 1 heterocycles. The highest BCUT2D eigenvalue weighted by Gasteiger charge is 2.17. The quantitative estimate of drug-likeness (QED) is 0.808. The zero-order valence-corrected chi connectivity index (χ0v) is 10.9. The van der Waals surface area contributed by atoms with Gasteiger partial charge in [0.1, 0.15) is 0 Å². The molecular weight excluding hydrogens is 220 g/mol. The number of aromatic nitrogens is 1. The fourth-order valence-electron chi connectivity index (χ4n) is 2.61. The van der Waals surface area contributed by atoms with E-state index in [1.54, 1.807) is 0 Å². The molecule has 2 nitrogen and oxygen atoms in total. The predicted octanol–water partition coefficient (Wildman–Crippen LogP) is 3.47. The first kappa shape index (κ1) is 11.5. The van der Waals surface area contributed by atoms with Crippen LogP contribution in [0.15, 0.2) is 12.1 Å². The monoisotopic (exact) mass is 236 g/mol. The van der Waals surface area contributed by atoms with Crippen molar-refractivity contribution in [2.24, 2.45) is 12.8 Å². The molecule has 0 spiro atoms. The average molecular weight is 237 g/mol. The summed E-state index contributed by atoms with van der Waals surface area (Å²) >= 11 is 6.27. The lowest BCUT2D eigenvalue weighted by Crippen LogP contribution is -2.11. The maximum atomic E-state index is 6.27. The van der Waals surface area contributed by atoms with Crippen LogP contribution in [-0.2, 0) is 7.05 Å². The van der Waals surface area contributed by atoms with E-state index in [1.807, 2.05) is 13.0 Å². The van der Waals surface area contributed by atoms with E-state index in [0.29, 0.717) is 0 Å². The van der Waals surface area contributed by atoms with E-state index in [-0.39, 0.29) is 6.04 Å². The smallest absolute Gasteiger partial charge is 0.0527 e. The SMILES string of the molecule is Cc1c(C(C)N)n(C)c2c(C)ccc(Cl)c12. The van der Waals surface area contributed by atoms with Crippen molar-refractivity contribution in [3.05, 3.63) is 34.0 Å². The summed E-state index contributed by atoms with van der Waals surface area (Å²) in [6.07, 6.45) is 0. The lowest BCUT2D eigenvalue weighted by molar-refractivity contribution is 0.719. The number of fused-ring (bicyclic) bond motifs is 1. The van der Waals surface area contributed by atoms with E-state index in [2.05, 4.69) is 31.5 Å². The van der Waals surface area contributed by atoms with Gasteiger partial charge in [0.2, 0.25) is 0 Å². The normalized spacial score (nSPS) is 13.4. The molecule has 1 aromatic carbocycles. The Morgan fingerprint density at radius 3 is 2.44 bits per heavy atom. The molecule has 86 valence electrons. The van der Waals surface area contributed by atoms with Gasteiger partial charge < -0.3 is 10.3 Å². The van der Waals surface area contributed by atoms with Gasteiger partial charge in [-0.15, -0.1) is 0 Å². The molecule has 3 heteroatoms. The predicted molar refractivity (Wildman–Crippen MR) is 70.0 cm³/mol. The van der Waals surface area contributed by atoms with Crippen molar-refractivity contribution < 1.29 is 0 Å². The first-order chi connectivity index (χ1) is 7.45. The number of aryl methyl sites for hydroxylation is 3. The molecule has 0 amide bonds. The van der Waals surface area contributed by atoms with E-state index in [1.165, 1.54) is 16.6 Å². The Bertz CT molecular complexity index is 508. The van der Waals surface area contributed by atoms with Gasteiger partial charge in [-0.3, -0.25) is 0 Å². The molecule has 0 saturated carbocycles. The summed E-state index contributed by atoms with van der Waals surface area (Å²) in [6.45, 7) is 6.19. The molecule has 0 aliphatic rings. The van der Waals surface area contributed by atoms with Crippen LogP contribution in [-0.4, -0.2) is 4.57 Å². The highest BCUT2D eigenvalue weighted by molar-refractivity contribution is 6.36. The highest BCUT2D eigenvalue weighted by atomic mass is 35.5. The fourth-order valence-corrected chi connectivity index (χ4v) is 2.90. The molecule has 2 aromatic rings. The van der Waals surface area contributed by atoms with Crippen molar-refractivity contribution in [3.63, 3.8) is 0 Å².